The lowest BCUT2D eigenvalue weighted by Gasteiger charge is -2.09. The zero-order chi connectivity index (χ0) is 11.5. The van der Waals surface area contributed by atoms with E-state index in [0.717, 1.165) is 0 Å². The molecule has 0 nitrogen and oxygen atoms in total. The molecular formula is C16H28. The van der Waals surface area contributed by atoms with Crippen LogP contribution in [-0.4, -0.2) is 0 Å². The molecule has 0 N–H and O–H groups in total. The average Bonchev–Trinajstić information content (AvgIpc) is 2.31. The van der Waals surface area contributed by atoms with Gasteiger partial charge in [-0.1, -0.05) is 64.2 Å². The monoisotopic (exact) mass is 220 g/mol. The summed E-state index contributed by atoms with van der Waals surface area (Å²) in [4.78, 5) is 0. The van der Waals surface area contributed by atoms with Crippen molar-refractivity contribution >= 4 is 0 Å². The van der Waals surface area contributed by atoms with Crippen LogP contribution in [0.3, 0.4) is 0 Å². The van der Waals surface area contributed by atoms with Crippen LogP contribution in [0.5, 0.6) is 0 Å². The third-order valence-electron chi connectivity index (χ3n) is 3.70. The molecule has 0 atom stereocenters. The Hall–Kier alpha value is -0.440. The summed E-state index contributed by atoms with van der Waals surface area (Å²) in [5.41, 5.74) is 0. The van der Waals surface area contributed by atoms with Crippen LogP contribution in [0, 0.1) is 17.8 Å². The van der Waals surface area contributed by atoms with E-state index in [2.05, 4.69) is 11.8 Å². The number of rotatable bonds is 0. The Morgan fingerprint density at radius 1 is 0.625 bits per heavy atom. The molecule has 1 saturated carbocycles. The lowest BCUT2D eigenvalue weighted by atomic mass is 9.95. The van der Waals surface area contributed by atoms with Crippen molar-refractivity contribution < 1.29 is 0 Å². The quantitative estimate of drug-likeness (QED) is 0.485. The minimum absolute atomic E-state index is 0.700. The van der Waals surface area contributed by atoms with E-state index in [1.54, 1.807) is 0 Å². The van der Waals surface area contributed by atoms with E-state index in [1.807, 2.05) is 6.92 Å². The molecule has 1 rings (SSSR count). The summed E-state index contributed by atoms with van der Waals surface area (Å²) >= 11 is 0. The Labute approximate surface area is 102 Å². The van der Waals surface area contributed by atoms with E-state index < -0.39 is 0 Å². The van der Waals surface area contributed by atoms with Crippen LogP contribution in [0.25, 0.3) is 0 Å². The van der Waals surface area contributed by atoms with Gasteiger partial charge in [0.05, 0.1) is 0 Å². The maximum Gasteiger partial charge on any atom is 0.0202 e. The van der Waals surface area contributed by atoms with Crippen LogP contribution < -0.4 is 0 Å². The first-order valence-electron chi connectivity index (χ1n) is 7.36. The molecule has 1 aliphatic rings. The molecule has 0 aromatic heterocycles. The number of hydrogen-bond donors (Lipinski definition) is 0. The summed E-state index contributed by atoms with van der Waals surface area (Å²) in [6.45, 7) is 1.99. The third-order valence-corrected chi connectivity index (χ3v) is 3.70. The molecule has 0 heteroatoms. The van der Waals surface area contributed by atoms with Gasteiger partial charge in [0, 0.05) is 5.92 Å². The molecule has 0 heterocycles. The highest BCUT2D eigenvalue weighted by Crippen LogP contribution is 2.20. The molecule has 0 radical (unpaired) electrons. The molecule has 0 saturated heterocycles. The average molecular weight is 220 g/mol. The normalized spacial score (nSPS) is 22.1. The second-order valence-electron chi connectivity index (χ2n) is 5.20. The van der Waals surface area contributed by atoms with Gasteiger partial charge in [0.25, 0.3) is 0 Å². The fourth-order valence-electron chi connectivity index (χ4n) is 2.69. The third kappa shape index (κ3) is 6.94. The molecule has 0 amide bonds. The van der Waals surface area contributed by atoms with Crippen LogP contribution in [0.15, 0.2) is 0 Å². The minimum atomic E-state index is 0.700. The second kappa shape index (κ2) is 9.76. The Kier molecular flexibility index (Phi) is 8.31. The van der Waals surface area contributed by atoms with E-state index in [1.165, 1.54) is 77.0 Å². The lowest BCUT2D eigenvalue weighted by Crippen LogP contribution is -1.97. The summed E-state index contributed by atoms with van der Waals surface area (Å²) in [6.07, 6.45) is 17.1. The van der Waals surface area contributed by atoms with Crippen molar-refractivity contribution in [2.45, 2.75) is 84.0 Å². The highest BCUT2D eigenvalue weighted by atomic mass is 14.1. The highest BCUT2D eigenvalue weighted by molar-refractivity contribution is 5.00. The summed E-state index contributed by atoms with van der Waals surface area (Å²) in [6, 6.07) is 0. The molecule has 0 unspecified atom stereocenters. The Balaban J connectivity index is 2.27. The van der Waals surface area contributed by atoms with Crippen molar-refractivity contribution in [1.82, 2.24) is 0 Å². The Morgan fingerprint density at radius 2 is 1.00 bits per heavy atom. The van der Waals surface area contributed by atoms with Crippen molar-refractivity contribution in [3.8, 4) is 11.8 Å². The Morgan fingerprint density at radius 3 is 1.38 bits per heavy atom. The van der Waals surface area contributed by atoms with Crippen molar-refractivity contribution in [3.63, 3.8) is 0 Å². The van der Waals surface area contributed by atoms with Gasteiger partial charge in [-0.15, -0.1) is 11.8 Å². The molecule has 0 aromatic rings. The summed E-state index contributed by atoms with van der Waals surface area (Å²) in [5.74, 6) is 7.21. The fraction of sp³-hybridized carbons (Fsp3) is 0.875. The molecule has 0 aromatic carbocycles. The molecule has 0 bridgehead atoms. The smallest absolute Gasteiger partial charge is 0.0202 e. The van der Waals surface area contributed by atoms with E-state index in [4.69, 9.17) is 0 Å². The van der Waals surface area contributed by atoms with Gasteiger partial charge >= 0.3 is 0 Å². The molecule has 0 aliphatic heterocycles. The Bertz CT molecular complexity index is 192. The first kappa shape index (κ1) is 13.6. The summed E-state index contributed by atoms with van der Waals surface area (Å²) < 4.78 is 0. The SMILES string of the molecule is CC#CC1CCCCCCCCCCCC1. The van der Waals surface area contributed by atoms with Crippen LogP contribution in [0.2, 0.25) is 0 Å². The maximum atomic E-state index is 3.40. The van der Waals surface area contributed by atoms with Gasteiger partial charge in [-0.05, 0) is 19.8 Å². The van der Waals surface area contributed by atoms with E-state index in [0.29, 0.717) is 5.92 Å². The predicted octanol–water partition coefficient (Wildman–Crippen LogP) is 5.32. The topological polar surface area (TPSA) is 0 Å². The van der Waals surface area contributed by atoms with Crippen molar-refractivity contribution in [2.24, 2.45) is 5.92 Å². The molecule has 1 aliphatic carbocycles. The lowest BCUT2D eigenvalue weighted by molar-refractivity contribution is 0.488. The molecular weight excluding hydrogens is 192 g/mol. The van der Waals surface area contributed by atoms with E-state index >= 15 is 0 Å². The predicted molar refractivity (Wildman–Crippen MR) is 72.3 cm³/mol. The second-order valence-corrected chi connectivity index (χ2v) is 5.20. The summed E-state index contributed by atoms with van der Waals surface area (Å²) in [7, 11) is 0. The fourth-order valence-corrected chi connectivity index (χ4v) is 2.69. The largest absolute Gasteiger partial charge is 0.106 e. The van der Waals surface area contributed by atoms with Gasteiger partial charge in [-0.3, -0.25) is 0 Å². The zero-order valence-corrected chi connectivity index (χ0v) is 11.1. The van der Waals surface area contributed by atoms with Gasteiger partial charge in [0.1, 0.15) is 0 Å². The highest BCUT2D eigenvalue weighted by Gasteiger charge is 2.05. The van der Waals surface area contributed by atoms with Crippen LogP contribution in [0.4, 0.5) is 0 Å². The van der Waals surface area contributed by atoms with Gasteiger partial charge in [-0.25, -0.2) is 0 Å². The zero-order valence-electron chi connectivity index (χ0n) is 11.1. The van der Waals surface area contributed by atoms with Crippen molar-refractivity contribution in [1.29, 1.82) is 0 Å². The standard InChI is InChI=1S/C16H28/c1-2-13-16-14-11-9-7-5-3-4-6-8-10-12-15-16/h16H,3-12,14-15H2,1H3. The van der Waals surface area contributed by atoms with Gasteiger partial charge < -0.3 is 0 Å². The molecule has 1 fully saturated rings. The van der Waals surface area contributed by atoms with Crippen molar-refractivity contribution in [2.75, 3.05) is 0 Å². The van der Waals surface area contributed by atoms with Gasteiger partial charge in [-0.2, -0.15) is 0 Å². The van der Waals surface area contributed by atoms with Gasteiger partial charge in [0.15, 0.2) is 0 Å². The summed E-state index contributed by atoms with van der Waals surface area (Å²) in [5, 5.41) is 0. The van der Waals surface area contributed by atoms with E-state index in [9.17, 15) is 0 Å². The maximum absolute atomic E-state index is 3.40. The van der Waals surface area contributed by atoms with Gasteiger partial charge in [0.2, 0.25) is 0 Å². The van der Waals surface area contributed by atoms with Crippen LogP contribution >= 0.6 is 0 Å². The van der Waals surface area contributed by atoms with Crippen LogP contribution in [-0.2, 0) is 0 Å². The van der Waals surface area contributed by atoms with Crippen LogP contribution in [0.1, 0.15) is 84.0 Å². The number of hydrogen-bond acceptors (Lipinski definition) is 0. The molecule has 16 heavy (non-hydrogen) atoms. The first-order valence-corrected chi connectivity index (χ1v) is 7.36. The first-order chi connectivity index (χ1) is 7.93. The van der Waals surface area contributed by atoms with E-state index in [-0.39, 0.29) is 0 Å². The molecule has 92 valence electrons. The molecule has 0 spiro atoms. The minimum Gasteiger partial charge on any atom is -0.106 e. The van der Waals surface area contributed by atoms with Crippen molar-refractivity contribution in [3.05, 3.63) is 0 Å².